The summed E-state index contributed by atoms with van der Waals surface area (Å²) in [5, 5.41) is 17.5. The minimum Gasteiger partial charge on any atom is -0.192 e. The van der Waals surface area contributed by atoms with Crippen LogP contribution in [0.4, 0.5) is 0 Å². The molecule has 2 nitrogen and oxygen atoms in total. The van der Waals surface area contributed by atoms with E-state index in [1.807, 2.05) is 24.3 Å². The van der Waals surface area contributed by atoms with Crippen LogP contribution in [0.15, 0.2) is 73.8 Å². The second-order valence-electron chi connectivity index (χ2n) is 9.16. The Bertz CT molecular complexity index is 858. The zero-order valence-electron chi connectivity index (χ0n) is 19.0. The zero-order chi connectivity index (χ0) is 22.8. The summed E-state index contributed by atoms with van der Waals surface area (Å²) in [5.74, 6) is 2.80. The van der Waals surface area contributed by atoms with Gasteiger partial charge >= 0.3 is 0 Å². The summed E-state index contributed by atoms with van der Waals surface area (Å²) in [6, 6.07) is 20.5. The summed E-state index contributed by atoms with van der Waals surface area (Å²) in [7, 11) is 0. The number of nitriles is 2. The van der Waals surface area contributed by atoms with Crippen LogP contribution >= 0.6 is 0 Å². The van der Waals surface area contributed by atoms with Gasteiger partial charge in [-0.1, -0.05) is 36.4 Å². The number of allylic oxidation sites excluding steroid dienone is 2. The van der Waals surface area contributed by atoms with Crippen molar-refractivity contribution in [1.82, 2.24) is 0 Å². The lowest BCUT2D eigenvalue weighted by Gasteiger charge is -2.26. The van der Waals surface area contributed by atoms with Crippen LogP contribution in [0.25, 0.3) is 0 Å². The molecule has 2 aliphatic rings. The average Bonchev–Trinajstić information content (AvgIpc) is 2.89. The molecule has 0 unspecified atom stereocenters. The van der Waals surface area contributed by atoms with Crippen LogP contribution in [0, 0.1) is 34.5 Å². The van der Waals surface area contributed by atoms with E-state index in [9.17, 15) is 0 Å². The molecule has 0 saturated heterocycles. The molecule has 0 aliphatic heterocycles. The van der Waals surface area contributed by atoms with Crippen LogP contribution in [0.3, 0.4) is 0 Å². The summed E-state index contributed by atoms with van der Waals surface area (Å²) in [4.78, 5) is 0. The Kier molecular flexibility index (Phi) is 8.89. The molecule has 0 heterocycles. The summed E-state index contributed by atoms with van der Waals surface area (Å²) < 4.78 is 0. The maximum absolute atomic E-state index is 8.74. The van der Waals surface area contributed by atoms with Crippen LogP contribution in [0.1, 0.15) is 85.5 Å². The normalized spacial score (nSPS) is 24.7. The van der Waals surface area contributed by atoms with E-state index in [1.165, 1.54) is 62.5 Å². The van der Waals surface area contributed by atoms with Gasteiger partial charge in [-0.15, -0.1) is 13.2 Å². The molecular formula is C30H34N2. The first kappa shape index (κ1) is 23.6. The van der Waals surface area contributed by atoms with E-state index >= 15 is 0 Å². The van der Waals surface area contributed by atoms with Crippen molar-refractivity contribution in [3.8, 4) is 12.1 Å². The number of benzene rings is 2. The van der Waals surface area contributed by atoms with E-state index < -0.39 is 0 Å². The number of nitrogens with zero attached hydrogens (tertiary/aromatic N) is 2. The first-order chi connectivity index (χ1) is 15.7. The van der Waals surface area contributed by atoms with E-state index in [0.29, 0.717) is 11.8 Å². The third-order valence-electron chi connectivity index (χ3n) is 7.23. The van der Waals surface area contributed by atoms with Gasteiger partial charge in [0.15, 0.2) is 0 Å². The Morgan fingerprint density at radius 3 is 1.12 bits per heavy atom. The second kappa shape index (κ2) is 12.1. The Hall–Kier alpha value is -3.10. The zero-order valence-corrected chi connectivity index (χ0v) is 19.0. The van der Waals surface area contributed by atoms with Crippen LogP contribution in [-0.4, -0.2) is 0 Å². The van der Waals surface area contributed by atoms with Crippen LogP contribution in [0.5, 0.6) is 0 Å². The molecule has 2 fully saturated rings. The molecule has 0 amide bonds. The third-order valence-corrected chi connectivity index (χ3v) is 7.23. The third kappa shape index (κ3) is 6.45. The molecular weight excluding hydrogens is 388 g/mol. The monoisotopic (exact) mass is 422 g/mol. The van der Waals surface area contributed by atoms with Crippen molar-refractivity contribution in [2.24, 2.45) is 11.8 Å². The quantitative estimate of drug-likeness (QED) is 0.468. The lowest BCUT2D eigenvalue weighted by atomic mass is 9.79. The van der Waals surface area contributed by atoms with Gasteiger partial charge in [0.05, 0.1) is 23.3 Å². The predicted octanol–water partition coefficient (Wildman–Crippen LogP) is 8.04. The minimum absolute atomic E-state index is 0.684. The van der Waals surface area contributed by atoms with Gasteiger partial charge in [0, 0.05) is 0 Å². The lowest BCUT2D eigenvalue weighted by Crippen LogP contribution is -2.11. The Balaban J connectivity index is 0.000000181. The summed E-state index contributed by atoms with van der Waals surface area (Å²) in [6.45, 7) is 7.74. The van der Waals surface area contributed by atoms with Gasteiger partial charge in [-0.2, -0.15) is 10.5 Å². The smallest absolute Gasteiger partial charge is 0.0991 e. The van der Waals surface area contributed by atoms with E-state index in [-0.39, 0.29) is 0 Å². The van der Waals surface area contributed by atoms with E-state index in [4.69, 9.17) is 10.5 Å². The van der Waals surface area contributed by atoms with Gasteiger partial charge in [-0.05, 0) is 110 Å². The molecule has 2 aromatic rings. The highest BCUT2D eigenvalue weighted by Crippen LogP contribution is 2.37. The standard InChI is InChI=1S/2C15H17N/c2*1-2-12-3-7-14(8-4-12)15-9-5-13(11-16)6-10-15/h2*2,5-6,9-10,12,14H,1,3-4,7-8H2. The summed E-state index contributed by atoms with van der Waals surface area (Å²) in [6.07, 6.45) is 14.2. The van der Waals surface area contributed by atoms with Crippen molar-refractivity contribution >= 4 is 0 Å². The SMILES string of the molecule is C=CC1CCC(c2ccc(C#N)cc2)CC1.C=CC1CCC(c2ccc(C#N)cc2)CC1. The summed E-state index contributed by atoms with van der Waals surface area (Å²) in [5.41, 5.74) is 4.29. The number of hydrogen-bond acceptors (Lipinski definition) is 2. The topological polar surface area (TPSA) is 47.6 Å². The first-order valence-corrected chi connectivity index (χ1v) is 11.9. The molecule has 0 N–H and O–H groups in total. The Morgan fingerprint density at radius 1 is 0.562 bits per heavy atom. The van der Waals surface area contributed by atoms with Gasteiger partial charge in [-0.25, -0.2) is 0 Å². The highest BCUT2D eigenvalue weighted by atomic mass is 14.3. The molecule has 0 radical (unpaired) electrons. The highest BCUT2D eigenvalue weighted by Gasteiger charge is 2.21. The van der Waals surface area contributed by atoms with Crippen molar-refractivity contribution in [3.63, 3.8) is 0 Å². The molecule has 0 aromatic heterocycles. The fraction of sp³-hybridized carbons (Fsp3) is 0.400. The highest BCUT2D eigenvalue weighted by molar-refractivity contribution is 5.34. The fourth-order valence-corrected chi connectivity index (χ4v) is 5.04. The lowest BCUT2D eigenvalue weighted by molar-refractivity contribution is 0.376. The summed E-state index contributed by atoms with van der Waals surface area (Å²) >= 11 is 0. The van der Waals surface area contributed by atoms with Crippen molar-refractivity contribution in [2.45, 2.75) is 63.2 Å². The average molecular weight is 423 g/mol. The second-order valence-corrected chi connectivity index (χ2v) is 9.16. The van der Waals surface area contributed by atoms with E-state index in [2.05, 4.69) is 61.7 Å². The van der Waals surface area contributed by atoms with Crippen LogP contribution in [-0.2, 0) is 0 Å². The molecule has 2 saturated carbocycles. The Morgan fingerprint density at radius 2 is 0.875 bits per heavy atom. The van der Waals surface area contributed by atoms with Gasteiger partial charge in [0.25, 0.3) is 0 Å². The number of hydrogen-bond donors (Lipinski definition) is 0. The Labute approximate surface area is 193 Å². The number of rotatable bonds is 4. The molecule has 4 rings (SSSR count). The first-order valence-electron chi connectivity index (χ1n) is 11.9. The van der Waals surface area contributed by atoms with Crippen LogP contribution in [0.2, 0.25) is 0 Å². The largest absolute Gasteiger partial charge is 0.192 e. The van der Waals surface area contributed by atoms with Crippen molar-refractivity contribution in [2.75, 3.05) is 0 Å². The molecule has 2 heteroatoms. The maximum atomic E-state index is 8.74. The fourth-order valence-electron chi connectivity index (χ4n) is 5.04. The predicted molar refractivity (Wildman–Crippen MR) is 132 cm³/mol. The van der Waals surface area contributed by atoms with Gasteiger partial charge in [0.2, 0.25) is 0 Å². The molecule has 0 atom stereocenters. The maximum Gasteiger partial charge on any atom is 0.0991 e. The van der Waals surface area contributed by atoms with E-state index in [1.54, 1.807) is 0 Å². The molecule has 0 spiro atoms. The van der Waals surface area contributed by atoms with Crippen molar-refractivity contribution in [1.29, 1.82) is 10.5 Å². The van der Waals surface area contributed by atoms with Gasteiger partial charge < -0.3 is 0 Å². The molecule has 2 aliphatic carbocycles. The van der Waals surface area contributed by atoms with Gasteiger partial charge in [-0.3, -0.25) is 0 Å². The molecule has 2 aromatic carbocycles. The van der Waals surface area contributed by atoms with Crippen molar-refractivity contribution in [3.05, 3.63) is 96.1 Å². The molecule has 32 heavy (non-hydrogen) atoms. The minimum atomic E-state index is 0.684. The molecule has 164 valence electrons. The van der Waals surface area contributed by atoms with Gasteiger partial charge in [0.1, 0.15) is 0 Å². The molecule has 0 bridgehead atoms. The van der Waals surface area contributed by atoms with Crippen LogP contribution < -0.4 is 0 Å². The van der Waals surface area contributed by atoms with E-state index in [0.717, 1.165) is 23.0 Å². The van der Waals surface area contributed by atoms with Crippen molar-refractivity contribution < 1.29 is 0 Å².